The number of nitrogens with zero attached hydrogens (tertiary/aromatic N) is 1. The maximum Gasteiger partial charge on any atom is 0.325 e. The van der Waals surface area contributed by atoms with Crippen LogP contribution < -0.4 is 4.90 Å². The van der Waals surface area contributed by atoms with E-state index in [0.717, 1.165) is 39.9 Å². The maximum atomic E-state index is 14.6. The Morgan fingerprint density at radius 3 is 1.94 bits per heavy atom. The summed E-state index contributed by atoms with van der Waals surface area (Å²) in [7, 11) is 0. The second-order valence-electron chi connectivity index (χ2n) is 9.85. The van der Waals surface area contributed by atoms with Crippen molar-refractivity contribution in [2.45, 2.75) is 39.0 Å². The van der Waals surface area contributed by atoms with Crippen molar-refractivity contribution in [3.05, 3.63) is 64.7 Å². The van der Waals surface area contributed by atoms with Gasteiger partial charge in [0, 0.05) is 22.5 Å². The van der Waals surface area contributed by atoms with E-state index in [4.69, 9.17) is 4.74 Å². The molecule has 0 N–H and O–H groups in total. The van der Waals surface area contributed by atoms with Crippen LogP contribution in [0.25, 0.3) is 5.57 Å². The minimum atomic E-state index is -0.358. The zero-order valence-corrected chi connectivity index (χ0v) is 18.2. The number of carbonyl (C=O) groups excluding carboxylic acids is 1. The summed E-state index contributed by atoms with van der Waals surface area (Å²) in [6.45, 7) is 2.07. The average Bonchev–Trinajstić information content (AvgIpc) is 2.74. The third-order valence-electron chi connectivity index (χ3n) is 7.94. The van der Waals surface area contributed by atoms with Gasteiger partial charge in [0.25, 0.3) is 0 Å². The van der Waals surface area contributed by atoms with Crippen molar-refractivity contribution in [3.8, 4) is 0 Å². The second-order valence-corrected chi connectivity index (χ2v) is 9.85. The fraction of sp³-hybridized carbons (Fsp3) is 0.444. The van der Waals surface area contributed by atoms with Crippen LogP contribution in [0.5, 0.6) is 0 Å². The highest BCUT2D eigenvalue weighted by Crippen LogP contribution is 2.60. The van der Waals surface area contributed by atoms with Crippen LogP contribution in [0.2, 0.25) is 0 Å². The van der Waals surface area contributed by atoms with Crippen LogP contribution in [0.3, 0.4) is 0 Å². The van der Waals surface area contributed by atoms with E-state index in [9.17, 15) is 13.6 Å². The largest absolute Gasteiger partial charge is 0.465 e. The molecule has 1 aliphatic heterocycles. The molecule has 2 aromatic carbocycles. The lowest BCUT2D eigenvalue weighted by atomic mass is 9.53. The van der Waals surface area contributed by atoms with Crippen molar-refractivity contribution < 1.29 is 18.3 Å². The Hall–Kier alpha value is -2.69. The van der Waals surface area contributed by atoms with Gasteiger partial charge in [-0.1, -0.05) is 5.57 Å². The first-order valence-corrected chi connectivity index (χ1v) is 11.8. The summed E-state index contributed by atoms with van der Waals surface area (Å²) in [5.41, 5.74) is 5.52. The highest BCUT2D eigenvalue weighted by atomic mass is 19.1. The van der Waals surface area contributed by atoms with E-state index in [2.05, 4.69) is 0 Å². The molecule has 4 fully saturated rings. The standard InChI is InChI=1S/C27H27F2NO2/c1-2-32-25(31)14-30-23-5-3-19(28)12-21(23)27(22-13-20(29)4-6-24(22)30)26-17-8-15-7-16(10-17)11-18(26)9-15/h3-6,12-13,15-18H,2,7-11,14H2,1H3. The van der Waals surface area contributed by atoms with E-state index in [1.165, 1.54) is 49.8 Å². The van der Waals surface area contributed by atoms with Gasteiger partial charge in [-0.25, -0.2) is 8.78 Å². The van der Waals surface area contributed by atoms with E-state index in [1.807, 2.05) is 4.90 Å². The number of halogens is 2. The third-order valence-corrected chi connectivity index (χ3v) is 7.94. The highest BCUT2D eigenvalue weighted by molar-refractivity contribution is 6.00. The molecule has 0 saturated heterocycles. The molecule has 3 nitrogen and oxygen atoms in total. The first kappa shape index (κ1) is 20.0. The van der Waals surface area contributed by atoms with Gasteiger partial charge in [-0.15, -0.1) is 0 Å². The van der Waals surface area contributed by atoms with Gasteiger partial charge in [-0.2, -0.15) is 0 Å². The molecule has 5 aliphatic rings. The number of allylic oxidation sites excluding steroid dienone is 1. The Balaban J connectivity index is 1.58. The molecular weight excluding hydrogens is 408 g/mol. The molecule has 2 aromatic rings. The number of hydrogen-bond acceptors (Lipinski definition) is 3. The fourth-order valence-corrected chi connectivity index (χ4v) is 7.08. The Bertz CT molecular complexity index is 1050. The molecule has 0 unspecified atom stereocenters. The van der Waals surface area contributed by atoms with Crippen LogP contribution >= 0.6 is 0 Å². The molecule has 32 heavy (non-hydrogen) atoms. The van der Waals surface area contributed by atoms with Gasteiger partial charge < -0.3 is 9.64 Å². The quantitative estimate of drug-likeness (QED) is 0.535. The zero-order chi connectivity index (χ0) is 22.0. The van der Waals surface area contributed by atoms with Crippen molar-refractivity contribution >= 4 is 22.9 Å². The Labute approximate surface area is 187 Å². The molecule has 5 heteroatoms. The Morgan fingerprint density at radius 1 is 0.906 bits per heavy atom. The van der Waals surface area contributed by atoms with Gasteiger partial charge in [0.15, 0.2) is 0 Å². The summed E-state index contributed by atoms with van der Waals surface area (Å²) < 4.78 is 34.3. The third kappa shape index (κ3) is 3.08. The van der Waals surface area contributed by atoms with Crippen molar-refractivity contribution in [2.75, 3.05) is 18.1 Å². The average molecular weight is 436 g/mol. The molecule has 4 aliphatic carbocycles. The summed E-state index contributed by atoms with van der Waals surface area (Å²) in [6, 6.07) is 9.48. The van der Waals surface area contributed by atoms with E-state index < -0.39 is 0 Å². The molecule has 4 bridgehead atoms. The lowest BCUT2D eigenvalue weighted by molar-refractivity contribution is -0.141. The first-order chi connectivity index (χ1) is 15.5. The Morgan fingerprint density at radius 2 is 1.44 bits per heavy atom. The predicted octanol–water partition coefficient (Wildman–Crippen LogP) is 6.24. The monoisotopic (exact) mass is 435 g/mol. The molecule has 0 spiro atoms. The molecule has 0 radical (unpaired) electrons. The molecule has 166 valence electrons. The van der Waals surface area contributed by atoms with Crippen molar-refractivity contribution in [3.63, 3.8) is 0 Å². The van der Waals surface area contributed by atoms with Gasteiger partial charge in [0.2, 0.25) is 0 Å². The highest BCUT2D eigenvalue weighted by Gasteiger charge is 2.47. The molecule has 0 amide bonds. The van der Waals surface area contributed by atoms with E-state index in [1.54, 1.807) is 31.2 Å². The molecule has 1 heterocycles. The van der Waals surface area contributed by atoms with Gasteiger partial charge in [-0.3, -0.25) is 4.79 Å². The number of fused-ring (bicyclic) bond motifs is 2. The summed E-state index contributed by atoms with van der Waals surface area (Å²) in [4.78, 5) is 14.3. The second kappa shape index (κ2) is 7.43. The Kier molecular flexibility index (Phi) is 4.63. The molecule has 0 aromatic heterocycles. The van der Waals surface area contributed by atoms with Crippen LogP contribution in [0.15, 0.2) is 42.0 Å². The maximum absolute atomic E-state index is 14.6. The van der Waals surface area contributed by atoms with Crippen molar-refractivity contribution in [1.29, 1.82) is 0 Å². The minimum Gasteiger partial charge on any atom is -0.465 e. The van der Waals surface area contributed by atoms with Gasteiger partial charge in [0.1, 0.15) is 18.2 Å². The number of esters is 1. The number of hydrogen-bond donors (Lipinski definition) is 0. The molecular formula is C27H27F2NO2. The van der Waals surface area contributed by atoms with Crippen LogP contribution in [0, 0.1) is 35.3 Å². The van der Waals surface area contributed by atoms with Crippen molar-refractivity contribution in [2.24, 2.45) is 23.7 Å². The van der Waals surface area contributed by atoms with Gasteiger partial charge in [0.05, 0.1) is 6.61 Å². The van der Waals surface area contributed by atoms with Crippen LogP contribution in [-0.4, -0.2) is 19.1 Å². The minimum absolute atomic E-state index is 0.00469. The summed E-state index contributed by atoms with van der Waals surface area (Å²) in [6.07, 6.45) is 6.10. The number of carbonyl (C=O) groups is 1. The lowest BCUT2D eigenvalue weighted by Crippen LogP contribution is -2.41. The van der Waals surface area contributed by atoms with Crippen LogP contribution in [0.1, 0.15) is 50.2 Å². The van der Waals surface area contributed by atoms with Crippen molar-refractivity contribution in [1.82, 2.24) is 0 Å². The van der Waals surface area contributed by atoms with E-state index >= 15 is 0 Å². The van der Waals surface area contributed by atoms with Gasteiger partial charge in [-0.05, 0) is 105 Å². The van der Waals surface area contributed by atoms with Crippen LogP contribution in [-0.2, 0) is 9.53 Å². The predicted molar refractivity (Wildman–Crippen MR) is 120 cm³/mol. The normalized spacial score (nSPS) is 27.4. The fourth-order valence-electron chi connectivity index (χ4n) is 7.08. The number of rotatable bonds is 3. The molecule has 7 rings (SSSR count). The van der Waals surface area contributed by atoms with E-state index in [0.29, 0.717) is 18.4 Å². The summed E-state index contributed by atoms with van der Waals surface area (Å²) >= 11 is 0. The topological polar surface area (TPSA) is 29.5 Å². The summed E-state index contributed by atoms with van der Waals surface area (Å²) in [5, 5.41) is 0. The van der Waals surface area contributed by atoms with Gasteiger partial charge >= 0.3 is 5.97 Å². The SMILES string of the molecule is CCOC(=O)CN1c2ccc(F)cc2C(=C2C3CC4CC(C3)CC2C4)c2cc(F)ccc21. The first-order valence-electron chi connectivity index (χ1n) is 11.8. The van der Waals surface area contributed by atoms with E-state index in [-0.39, 0.29) is 24.1 Å². The summed E-state index contributed by atoms with van der Waals surface area (Å²) in [5.74, 6) is 1.58. The lowest BCUT2D eigenvalue weighted by Gasteiger charge is -2.53. The number of benzene rings is 2. The number of ether oxygens (including phenoxy) is 1. The smallest absolute Gasteiger partial charge is 0.325 e. The molecule has 0 atom stereocenters. The molecule has 4 saturated carbocycles. The number of anilines is 2. The zero-order valence-electron chi connectivity index (χ0n) is 18.2. The van der Waals surface area contributed by atoms with Crippen LogP contribution in [0.4, 0.5) is 20.2 Å².